The van der Waals surface area contributed by atoms with Crippen molar-refractivity contribution < 1.29 is 31.4 Å². The normalized spacial score (nSPS) is 20.6. The van der Waals surface area contributed by atoms with E-state index in [-0.39, 0.29) is 30.4 Å². The summed E-state index contributed by atoms with van der Waals surface area (Å²) < 4.78 is 85.3. The van der Waals surface area contributed by atoms with Crippen molar-refractivity contribution in [1.82, 2.24) is 0 Å². The maximum atomic E-state index is 15.0. The first-order valence-corrected chi connectivity index (χ1v) is 11.5. The lowest BCUT2D eigenvalue weighted by Crippen LogP contribution is -2.26. The van der Waals surface area contributed by atoms with Crippen molar-refractivity contribution in [2.24, 2.45) is 5.92 Å². The molecule has 0 radical (unpaired) electrons. The summed E-state index contributed by atoms with van der Waals surface area (Å²) in [6, 6.07) is 4.33. The third-order valence-electron chi connectivity index (χ3n) is 6.39. The molecule has 0 N–H and O–H groups in total. The monoisotopic (exact) mass is 466 g/mol. The van der Waals surface area contributed by atoms with Crippen molar-refractivity contribution in [2.75, 3.05) is 6.61 Å². The number of aryl methyl sites for hydroxylation is 1. The molecule has 2 nitrogen and oxygen atoms in total. The fourth-order valence-corrected chi connectivity index (χ4v) is 4.58. The lowest BCUT2D eigenvalue weighted by molar-refractivity contribution is -0.0156. The highest BCUT2D eigenvalue weighted by Gasteiger charge is 2.32. The van der Waals surface area contributed by atoms with Gasteiger partial charge in [-0.05, 0) is 37.3 Å². The number of hydrogen-bond acceptors (Lipinski definition) is 2. The van der Waals surface area contributed by atoms with E-state index in [1.165, 1.54) is 0 Å². The van der Waals surface area contributed by atoms with Crippen LogP contribution in [0.5, 0.6) is 11.5 Å². The summed E-state index contributed by atoms with van der Waals surface area (Å²) >= 11 is 0. The number of hydrogen-bond donors (Lipinski definition) is 0. The van der Waals surface area contributed by atoms with E-state index in [4.69, 9.17) is 9.47 Å². The Morgan fingerprint density at radius 3 is 2.36 bits per heavy atom. The van der Waals surface area contributed by atoms with Crippen LogP contribution >= 0.6 is 0 Å². The second kappa shape index (κ2) is 9.84. The third-order valence-corrected chi connectivity index (χ3v) is 6.39. The second-order valence-electron chi connectivity index (χ2n) is 8.78. The summed E-state index contributed by atoms with van der Waals surface area (Å²) in [5.41, 5.74) is 0.188. The van der Waals surface area contributed by atoms with E-state index in [9.17, 15) is 17.6 Å². The van der Waals surface area contributed by atoms with Crippen molar-refractivity contribution in [3.8, 4) is 11.5 Å². The number of ether oxygens (including phenoxy) is 2. The first kappa shape index (κ1) is 23.7. The zero-order valence-electron chi connectivity index (χ0n) is 18.7. The zero-order chi connectivity index (χ0) is 23.7. The quantitative estimate of drug-likeness (QED) is 0.343. The van der Waals surface area contributed by atoms with Gasteiger partial charge >= 0.3 is 0 Å². The standard InChI is InChI=1S/C26H27F5O2/c1-3-5-14-7-8-15-11-17-12-19(23(30)24(31)26(17)33-25(15)21(14)28)22(29)20(27)16-9-10-18(6-4-2)32-13-16/h7-8,12,16,18H,3-6,9-11,13H2,1-2H3/b22-20+. The van der Waals surface area contributed by atoms with Crippen LogP contribution in [0.25, 0.3) is 5.83 Å². The molecule has 33 heavy (non-hydrogen) atoms. The van der Waals surface area contributed by atoms with Crippen molar-refractivity contribution >= 4 is 5.83 Å². The van der Waals surface area contributed by atoms with Gasteiger partial charge < -0.3 is 9.47 Å². The number of halogens is 5. The van der Waals surface area contributed by atoms with Gasteiger partial charge in [-0.25, -0.2) is 17.6 Å². The summed E-state index contributed by atoms with van der Waals surface area (Å²) in [5, 5.41) is 0. The van der Waals surface area contributed by atoms with E-state index in [1.807, 2.05) is 13.8 Å². The Morgan fingerprint density at radius 2 is 1.70 bits per heavy atom. The first-order chi connectivity index (χ1) is 15.8. The molecule has 0 amide bonds. The molecular weight excluding hydrogens is 439 g/mol. The van der Waals surface area contributed by atoms with Crippen LogP contribution in [0.4, 0.5) is 22.0 Å². The molecule has 0 saturated carbocycles. The molecule has 0 aliphatic carbocycles. The Morgan fingerprint density at radius 1 is 0.939 bits per heavy atom. The van der Waals surface area contributed by atoms with Crippen LogP contribution < -0.4 is 4.74 Å². The largest absolute Gasteiger partial charge is 0.450 e. The molecule has 2 atom stereocenters. The topological polar surface area (TPSA) is 18.5 Å². The minimum atomic E-state index is -1.56. The van der Waals surface area contributed by atoms with Crippen LogP contribution in [0, 0.1) is 23.4 Å². The van der Waals surface area contributed by atoms with Crippen molar-refractivity contribution in [1.29, 1.82) is 0 Å². The Bertz CT molecular complexity index is 1070. The number of fused-ring (bicyclic) bond motifs is 2. The molecule has 2 heterocycles. The first-order valence-electron chi connectivity index (χ1n) is 11.5. The average molecular weight is 466 g/mol. The molecule has 178 valence electrons. The molecule has 7 heteroatoms. The maximum absolute atomic E-state index is 15.0. The summed E-state index contributed by atoms with van der Waals surface area (Å²) in [4.78, 5) is 0. The van der Waals surface area contributed by atoms with Crippen molar-refractivity contribution in [3.63, 3.8) is 0 Å². The maximum Gasteiger partial charge on any atom is 0.202 e. The molecule has 0 bridgehead atoms. The van der Waals surface area contributed by atoms with Gasteiger partial charge in [0.25, 0.3) is 0 Å². The van der Waals surface area contributed by atoms with Crippen LogP contribution in [-0.4, -0.2) is 12.7 Å². The van der Waals surface area contributed by atoms with Crippen molar-refractivity contribution in [3.05, 3.63) is 63.7 Å². The van der Waals surface area contributed by atoms with E-state index in [1.54, 1.807) is 12.1 Å². The fraction of sp³-hybridized carbons (Fsp3) is 0.462. The molecule has 2 aromatic rings. The van der Waals surface area contributed by atoms with Crippen LogP contribution in [0.3, 0.4) is 0 Å². The number of benzene rings is 2. The van der Waals surface area contributed by atoms with Gasteiger partial charge in [-0.1, -0.05) is 38.8 Å². The minimum absolute atomic E-state index is 0.00514. The SMILES string of the molecule is CCCc1ccc2c(c1F)Oc1c(cc(/C(F)=C(\F)C3CCC(CCC)OC3)c(F)c1F)C2. The van der Waals surface area contributed by atoms with Gasteiger partial charge in [0.1, 0.15) is 5.83 Å². The van der Waals surface area contributed by atoms with E-state index in [0.717, 1.165) is 18.9 Å². The van der Waals surface area contributed by atoms with Crippen LogP contribution in [0.15, 0.2) is 24.0 Å². The Kier molecular flexibility index (Phi) is 7.07. The van der Waals surface area contributed by atoms with Gasteiger partial charge in [-0.3, -0.25) is 0 Å². The lowest BCUT2D eigenvalue weighted by Gasteiger charge is -2.28. The highest BCUT2D eigenvalue weighted by atomic mass is 19.2. The lowest BCUT2D eigenvalue weighted by atomic mass is 9.92. The zero-order valence-corrected chi connectivity index (χ0v) is 18.7. The van der Waals surface area contributed by atoms with E-state index >= 15 is 4.39 Å². The van der Waals surface area contributed by atoms with Gasteiger partial charge in [-0.2, -0.15) is 4.39 Å². The van der Waals surface area contributed by atoms with E-state index in [0.29, 0.717) is 36.8 Å². The molecule has 2 aliphatic heterocycles. The van der Waals surface area contributed by atoms with Crippen LogP contribution in [0.2, 0.25) is 0 Å². The fourth-order valence-electron chi connectivity index (χ4n) is 4.58. The molecule has 2 unspecified atom stereocenters. The Labute approximate surface area is 190 Å². The minimum Gasteiger partial charge on any atom is -0.450 e. The molecule has 1 saturated heterocycles. The Hall–Kier alpha value is -2.41. The molecular formula is C26H27F5O2. The predicted octanol–water partition coefficient (Wildman–Crippen LogP) is 7.96. The van der Waals surface area contributed by atoms with Crippen LogP contribution in [0.1, 0.15) is 68.2 Å². The molecule has 2 aliphatic rings. The second-order valence-corrected chi connectivity index (χ2v) is 8.78. The van der Waals surface area contributed by atoms with Gasteiger partial charge in [0.2, 0.25) is 5.82 Å². The smallest absolute Gasteiger partial charge is 0.202 e. The average Bonchev–Trinajstić information content (AvgIpc) is 2.82. The van der Waals surface area contributed by atoms with E-state index < -0.39 is 46.3 Å². The highest BCUT2D eigenvalue weighted by Crippen LogP contribution is 2.44. The van der Waals surface area contributed by atoms with Crippen LogP contribution in [-0.2, 0) is 17.6 Å². The summed E-state index contributed by atoms with van der Waals surface area (Å²) in [7, 11) is 0. The summed E-state index contributed by atoms with van der Waals surface area (Å²) in [6.07, 6.45) is 3.93. The van der Waals surface area contributed by atoms with Crippen molar-refractivity contribution in [2.45, 2.75) is 64.9 Å². The third kappa shape index (κ3) is 4.52. The molecule has 2 aromatic carbocycles. The van der Waals surface area contributed by atoms with Gasteiger partial charge in [0.05, 0.1) is 18.3 Å². The summed E-state index contributed by atoms with van der Waals surface area (Å²) in [6.45, 7) is 3.91. The van der Waals surface area contributed by atoms with Gasteiger partial charge in [0, 0.05) is 23.5 Å². The number of rotatable bonds is 6. The summed E-state index contributed by atoms with van der Waals surface area (Å²) in [5.74, 6) is -7.70. The molecule has 0 spiro atoms. The predicted molar refractivity (Wildman–Crippen MR) is 116 cm³/mol. The van der Waals surface area contributed by atoms with Gasteiger partial charge in [-0.15, -0.1) is 0 Å². The molecule has 1 fully saturated rings. The molecule has 0 aromatic heterocycles. The highest BCUT2D eigenvalue weighted by molar-refractivity contribution is 5.66. The molecule has 4 rings (SSSR count). The Balaban J connectivity index is 1.64. The van der Waals surface area contributed by atoms with Gasteiger partial charge in [0.15, 0.2) is 29.0 Å². The van der Waals surface area contributed by atoms with E-state index in [2.05, 4.69) is 0 Å².